The van der Waals surface area contributed by atoms with Gasteiger partial charge in [-0.1, -0.05) is 12.5 Å². The van der Waals surface area contributed by atoms with E-state index in [1.54, 1.807) is 0 Å². The number of aliphatic hydroxyl groups is 1. The number of nitrogens with zero attached hydrogens (tertiary/aromatic N) is 2. The second kappa shape index (κ2) is 5.98. The van der Waals surface area contributed by atoms with Gasteiger partial charge in [-0.2, -0.15) is 0 Å². The maximum absolute atomic E-state index is 8.94. The summed E-state index contributed by atoms with van der Waals surface area (Å²) in [5, 5.41) is 8.94. The maximum atomic E-state index is 8.94. The van der Waals surface area contributed by atoms with Crippen LogP contribution in [0.4, 0.5) is 5.82 Å². The van der Waals surface area contributed by atoms with Gasteiger partial charge in [0.1, 0.15) is 5.82 Å². The van der Waals surface area contributed by atoms with E-state index in [-0.39, 0.29) is 6.61 Å². The van der Waals surface area contributed by atoms with Gasteiger partial charge in [0.15, 0.2) is 0 Å². The van der Waals surface area contributed by atoms with Gasteiger partial charge in [0.05, 0.1) is 5.69 Å². The second-order valence-electron chi connectivity index (χ2n) is 4.69. The molecule has 1 heterocycles. The average Bonchev–Trinajstić information content (AvgIpc) is 2.23. The second-order valence-corrected chi connectivity index (χ2v) is 4.69. The Morgan fingerprint density at radius 2 is 2.24 bits per heavy atom. The van der Waals surface area contributed by atoms with Crippen LogP contribution in [0, 0.1) is 0 Å². The molecule has 3 N–H and O–H groups in total. The number of anilines is 1. The first-order valence-corrected chi connectivity index (χ1v) is 6.36. The summed E-state index contributed by atoms with van der Waals surface area (Å²) in [4.78, 5) is 6.75. The molecule has 1 fully saturated rings. The molecule has 0 spiro atoms. The van der Waals surface area contributed by atoms with E-state index in [9.17, 15) is 0 Å². The summed E-state index contributed by atoms with van der Waals surface area (Å²) in [6.07, 6.45) is 4.70. The topological polar surface area (TPSA) is 62.4 Å². The third-order valence-corrected chi connectivity index (χ3v) is 3.39. The van der Waals surface area contributed by atoms with Crippen molar-refractivity contribution in [3.8, 4) is 0 Å². The molecule has 0 amide bonds. The highest BCUT2D eigenvalue weighted by Gasteiger charge is 2.24. The summed E-state index contributed by atoms with van der Waals surface area (Å²) in [6, 6.07) is 6.44. The molecular weight excluding hydrogens is 214 g/mol. The van der Waals surface area contributed by atoms with E-state index in [2.05, 4.69) is 9.88 Å². The number of hydrogen-bond acceptors (Lipinski definition) is 4. The lowest BCUT2D eigenvalue weighted by atomic mass is 9.91. The van der Waals surface area contributed by atoms with E-state index in [1.807, 2.05) is 18.2 Å². The third-order valence-electron chi connectivity index (χ3n) is 3.39. The first-order chi connectivity index (χ1) is 8.29. The Hall–Kier alpha value is -1.13. The van der Waals surface area contributed by atoms with Crippen molar-refractivity contribution in [3.05, 3.63) is 23.9 Å². The number of aromatic nitrogens is 1. The van der Waals surface area contributed by atoms with Gasteiger partial charge in [-0.05, 0) is 31.4 Å². The maximum Gasteiger partial charge on any atom is 0.123 e. The Bertz CT molecular complexity index is 352. The fourth-order valence-corrected chi connectivity index (χ4v) is 2.21. The van der Waals surface area contributed by atoms with E-state index in [0.717, 1.165) is 25.2 Å². The summed E-state index contributed by atoms with van der Waals surface area (Å²) < 4.78 is 0. The minimum Gasteiger partial charge on any atom is -0.396 e. The van der Waals surface area contributed by atoms with Crippen LogP contribution in [0.15, 0.2) is 18.2 Å². The van der Waals surface area contributed by atoms with Crippen molar-refractivity contribution in [2.75, 3.05) is 18.9 Å². The lowest BCUT2D eigenvalue weighted by Crippen LogP contribution is -2.40. The molecule has 2 rings (SSSR count). The molecule has 0 radical (unpaired) electrons. The number of nitrogen functional groups attached to an aromatic ring is 1. The highest BCUT2D eigenvalue weighted by Crippen LogP contribution is 2.26. The van der Waals surface area contributed by atoms with Crippen molar-refractivity contribution < 1.29 is 5.11 Å². The number of pyridine rings is 1. The SMILES string of the molecule is Nc1cccc(CN(CCCO)C2CCC2)n1. The molecule has 1 aliphatic rings. The van der Waals surface area contributed by atoms with Crippen LogP contribution < -0.4 is 5.73 Å². The minimum absolute atomic E-state index is 0.258. The van der Waals surface area contributed by atoms with Crippen molar-refractivity contribution >= 4 is 5.82 Å². The zero-order valence-corrected chi connectivity index (χ0v) is 10.2. The van der Waals surface area contributed by atoms with Gasteiger partial charge in [-0.25, -0.2) is 4.98 Å². The average molecular weight is 235 g/mol. The van der Waals surface area contributed by atoms with E-state index in [1.165, 1.54) is 19.3 Å². The predicted octanol–water partition coefficient (Wildman–Crippen LogP) is 1.40. The molecule has 0 atom stereocenters. The standard InChI is InChI=1S/C13H21N3O/c14-13-7-1-4-11(15-13)10-16(8-3-9-17)12-5-2-6-12/h1,4,7,12,17H,2-3,5-6,8-10H2,(H2,14,15). The minimum atomic E-state index is 0.258. The molecule has 0 saturated heterocycles. The molecule has 0 aromatic carbocycles. The first kappa shape index (κ1) is 12.3. The zero-order valence-electron chi connectivity index (χ0n) is 10.2. The van der Waals surface area contributed by atoms with Gasteiger partial charge in [-0.3, -0.25) is 4.90 Å². The van der Waals surface area contributed by atoms with Crippen LogP contribution in [0.2, 0.25) is 0 Å². The number of nitrogens with two attached hydrogens (primary N) is 1. The fourth-order valence-electron chi connectivity index (χ4n) is 2.21. The fraction of sp³-hybridized carbons (Fsp3) is 0.615. The molecule has 1 aliphatic carbocycles. The molecule has 4 heteroatoms. The quantitative estimate of drug-likeness (QED) is 0.782. The summed E-state index contributed by atoms with van der Waals surface area (Å²) >= 11 is 0. The van der Waals surface area contributed by atoms with Crippen LogP contribution in [0.5, 0.6) is 0 Å². The van der Waals surface area contributed by atoms with Gasteiger partial charge in [-0.15, -0.1) is 0 Å². The molecule has 0 bridgehead atoms. The number of aliphatic hydroxyl groups excluding tert-OH is 1. The molecule has 1 saturated carbocycles. The zero-order chi connectivity index (χ0) is 12.1. The Kier molecular flexibility index (Phi) is 4.34. The number of hydrogen-bond donors (Lipinski definition) is 2. The van der Waals surface area contributed by atoms with Gasteiger partial charge in [0.2, 0.25) is 0 Å². The monoisotopic (exact) mass is 235 g/mol. The molecular formula is C13H21N3O. The molecule has 0 aliphatic heterocycles. The van der Waals surface area contributed by atoms with E-state index < -0.39 is 0 Å². The van der Waals surface area contributed by atoms with E-state index in [4.69, 9.17) is 10.8 Å². The third kappa shape index (κ3) is 3.41. The van der Waals surface area contributed by atoms with Crippen molar-refractivity contribution in [2.24, 2.45) is 0 Å². The van der Waals surface area contributed by atoms with Crippen LogP contribution in [0.25, 0.3) is 0 Å². The largest absolute Gasteiger partial charge is 0.396 e. The van der Waals surface area contributed by atoms with Crippen molar-refractivity contribution in [1.29, 1.82) is 0 Å². The molecule has 17 heavy (non-hydrogen) atoms. The molecule has 1 aromatic heterocycles. The predicted molar refractivity (Wildman–Crippen MR) is 68.4 cm³/mol. The lowest BCUT2D eigenvalue weighted by Gasteiger charge is -2.37. The van der Waals surface area contributed by atoms with E-state index in [0.29, 0.717) is 11.9 Å². The Morgan fingerprint density at radius 1 is 1.41 bits per heavy atom. The summed E-state index contributed by atoms with van der Waals surface area (Å²) in [5.41, 5.74) is 6.71. The van der Waals surface area contributed by atoms with Crippen LogP contribution in [0.3, 0.4) is 0 Å². The summed E-state index contributed by atoms with van der Waals surface area (Å²) in [7, 11) is 0. The molecule has 0 unspecified atom stereocenters. The molecule has 1 aromatic rings. The molecule has 94 valence electrons. The number of rotatable bonds is 6. The first-order valence-electron chi connectivity index (χ1n) is 6.36. The van der Waals surface area contributed by atoms with E-state index >= 15 is 0 Å². The smallest absolute Gasteiger partial charge is 0.123 e. The Balaban J connectivity index is 1.95. The van der Waals surface area contributed by atoms with Crippen molar-refractivity contribution in [1.82, 2.24) is 9.88 Å². The Morgan fingerprint density at radius 3 is 2.82 bits per heavy atom. The van der Waals surface area contributed by atoms with Crippen LogP contribution in [0.1, 0.15) is 31.4 Å². The Labute approximate surface area is 102 Å². The van der Waals surface area contributed by atoms with Gasteiger partial charge >= 0.3 is 0 Å². The highest BCUT2D eigenvalue weighted by atomic mass is 16.3. The summed E-state index contributed by atoms with van der Waals surface area (Å²) in [6.45, 7) is 2.04. The molecule has 4 nitrogen and oxygen atoms in total. The van der Waals surface area contributed by atoms with Gasteiger partial charge in [0, 0.05) is 25.7 Å². The van der Waals surface area contributed by atoms with Gasteiger partial charge in [0.25, 0.3) is 0 Å². The highest BCUT2D eigenvalue weighted by molar-refractivity contribution is 5.28. The lowest BCUT2D eigenvalue weighted by molar-refractivity contribution is 0.108. The normalized spacial score (nSPS) is 16.1. The summed E-state index contributed by atoms with van der Waals surface area (Å²) in [5.74, 6) is 0.582. The van der Waals surface area contributed by atoms with Gasteiger partial charge < -0.3 is 10.8 Å². The van der Waals surface area contributed by atoms with Crippen molar-refractivity contribution in [2.45, 2.75) is 38.3 Å². The van der Waals surface area contributed by atoms with Crippen LogP contribution in [-0.2, 0) is 6.54 Å². The van der Waals surface area contributed by atoms with Crippen LogP contribution in [-0.4, -0.2) is 34.2 Å². The van der Waals surface area contributed by atoms with Crippen LogP contribution >= 0.6 is 0 Å². The van der Waals surface area contributed by atoms with Crippen molar-refractivity contribution in [3.63, 3.8) is 0 Å².